The Balaban J connectivity index is 1.42. The first kappa shape index (κ1) is 23.8. The Labute approximate surface area is 202 Å². The molecule has 1 aliphatic carbocycles. The summed E-state index contributed by atoms with van der Waals surface area (Å²) in [4.78, 5) is 38.6. The molecule has 7 nitrogen and oxygen atoms in total. The van der Waals surface area contributed by atoms with E-state index in [0.717, 1.165) is 49.1 Å². The summed E-state index contributed by atoms with van der Waals surface area (Å²) >= 11 is 0. The number of fused-ring (bicyclic) bond motifs is 3. The second kappa shape index (κ2) is 8.95. The Kier molecular flexibility index (Phi) is 6.09. The standard InChI is InChI=1S/C25H30F3N5O2/c1-2-6-22(34)31-15-24(16-31)17-9-11-29-13-20(17)33(23(24)35)14-21-30-18-7-3-4-8-19(18)32(21)12-5-10-25(26,27)28/h9,11,13H,2-8,10,12,14-16H2,1H3. The van der Waals surface area contributed by atoms with Crippen molar-refractivity contribution in [3.8, 4) is 0 Å². The first-order valence-corrected chi connectivity index (χ1v) is 12.4. The minimum absolute atomic E-state index is 0.0240. The molecule has 10 heteroatoms. The van der Waals surface area contributed by atoms with Crippen LogP contribution in [0.2, 0.25) is 0 Å². The average molecular weight is 490 g/mol. The van der Waals surface area contributed by atoms with Crippen molar-refractivity contribution in [1.29, 1.82) is 0 Å². The molecule has 2 amide bonds. The Morgan fingerprint density at radius 2 is 1.97 bits per heavy atom. The van der Waals surface area contributed by atoms with E-state index in [2.05, 4.69) is 4.98 Å². The summed E-state index contributed by atoms with van der Waals surface area (Å²) in [7, 11) is 0. The van der Waals surface area contributed by atoms with Crippen LogP contribution in [0, 0.1) is 0 Å². The molecule has 0 radical (unpaired) electrons. The highest BCUT2D eigenvalue weighted by molar-refractivity contribution is 6.09. The SMILES string of the molecule is CCCC(=O)N1CC2(C1)C(=O)N(Cc1nc3c(n1CCCC(F)(F)F)CCCC3)c1cnccc12. The summed E-state index contributed by atoms with van der Waals surface area (Å²) in [6.45, 7) is 3.04. The third kappa shape index (κ3) is 4.21. The van der Waals surface area contributed by atoms with Gasteiger partial charge in [0.15, 0.2) is 0 Å². The van der Waals surface area contributed by atoms with Gasteiger partial charge in [0, 0.05) is 44.4 Å². The smallest absolute Gasteiger partial charge is 0.340 e. The van der Waals surface area contributed by atoms with E-state index in [1.807, 2.05) is 17.6 Å². The zero-order valence-electron chi connectivity index (χ0n) is 19.9. The third-order valence-corrected chi connectivity index (χ3v) is 7.45. The lowest BCUT2D eigenvalue weighted by Gasteiger charge is -2.46. The maximum atomic E-state index is 13.8. The lowest BCUT2D eigenvalue weighted by molar-refractivity contribution is -0.144. The molecule has 2 aromatic heterocycles. The van der Waals surface area contributed by atoms with Gasteiger partial charge < -0.3 is 14.4 Å². The highest BCUT2D eigenvalue weighted by atomic mass is 19.4. The molecule has 0 saturated carbocycles. The van der Waals surface area contributed by atoms with Crippen LogP contribution in [-0.2, 0) is 40.9 Å². The molecule has 1 saturated heterocycles. The lowest BCUT2D eigenvalue weighted by atomic mass is 9.74. The summed E-state index contributed by atoms with van der Waals surface area (Å²) in [5, 5.41) is 0. The molecular formula is C25H30F3N5O2. The second-order valence-electron chi connectivity index (χ2n) is 9.86. The van der Waals surface area contributed by atoms with Gasteiger partial charge in [-0.15, -0.1) is 0 Å². The molecule has 5 rings (SSSR count). The summed E-state index contributed by atoms with van der Waals surface area (Å²) < 4.78 is 40.4. The number of carbonyl (C=O) groups excluding carboxylic acids is 2. The number of carbonyl (C=O) groups is 2. The normalized spacial score (nSPS) is 18.6. The number of nitrogens with zero attached hydrogens (tertiary/aromatic N) is 5. The van der Waals surface area contributed by atoms with Gasteiger partial charge in [-0.25, -0.2) is 4.98 Å². The van der Waals surface area contributed by atoms with Crippen LogP contribution in [-0.4, -0.2) is 50.5 Å². The van der Waals surface area contributed by atoms with Crippen molar-refractivity contribution in [3.05, 3.63) is 41.2 Å². The highest BCUT2D eigenvalue weighted by Crippen LogP contribution is 2.47. The zero-order chi connectivity index (χ0) is 24.8. The minimum atomic E-state index is -4.20. The monoisotopic (exact) mass is 489 g/mol. The molecule has 0 atom stereocenters. The van der Waals surface area contributed by atoms with Crippen molar-refractivity contribution in [1.82, 2.24) is 19.4 Å². The highest BCUT2D eigenvalue weighted by Gasteiger charge is 2.59. The van der Waals surface area contributed by atoms with E-state index in [-0.39, 0.29) is 31.3 Å². The third-order valence-electron chi connectivity index (χ3n) is 7.45. The van der Waals surface area contributed by atoms with Crippen molar-refractivity contribution in [3.63, 3.8) is 0 Å². The maximum absolute atomic E-state index is 13.8. The molecular weight excluding hydrogens is 459 g/mol. The Morgan fingerprint density at radius 3 is 2.71 bits per heavy atom. The Hall–Kier alpha value is -2.91. The van der Waals surface area contributed by atoms with Gasteiger partial charge in [0.25, 0.3) is 0 Å². The summed E-state index contributed by atoms with van der Waals surface area (Å²) in [5.74, 6) is 0.578. The van der Waals surface area contributed by atoms with E-state index in [1.165, 1.54) is 0 Å². The van der Waals surface area contributed by atoms with Crippen molar-refractivity contribution < 1.29 is 22.8 Å². The van der Waals surface area contributed by atoms with E-state index >= 15 is 0 Å². The van der Waals surface area contributed by atoms with Crippen LogP contribution < -0.4 is 4.90 Å². The second-order valence-corrected chi connectivity index (χ2v) is 9.86. The van der Waals surface area contributed by atoms with E-state index in [1.54, 1.807) is 22.2 Å². The number of rotatable bonds is 7. The number of pyridine rings is 1. The van der Waals surface area contributed by atoms with Gasteiger partial charge in [0.05, 0.1) is 24.1 Å². The number of hydrogen-bond donors (Lipinski definition) is 0. The van der Waals surface area contributed by atoms with E-state index in [9.17, 15) is 22.8 Å². The van der Waals surface area contributed by atoms with Crippen LogP contribution in [0.5, 0.6) is 0 Å². The lowest BCUT2D eigenvalue weighted by Crippen LogP contribution is -2.65. The number of aromatic nitrogens is 3. The molecule has 188 valence electrons. The van der Waals surface area contributed by atoms with Gasteiger partial charge >= 0.3 is 6.18 Å². The zero-order valence-corrected chi connectivity index (χ0v) is 19.9. The van der Waals surface area contributed by atoms with Gasteiger partial charge in [-0.05, 0) is 50.2 Å². The molecule has 2 aromatic rings. The number of alkyl halides is 3. The number of halogens is 3. The molecule has 35 heavy (non-hydrogen) atoms. The Bertz CT molecular complexity index is 1140. The molecule has 0 N–H and O–H groups in total. The number of aryl methyl sites for hydroxylation is 1. The van der Waals surface area contributed by atoms with Crippen LogP contribution in [0.25, 0.3) is 0 Å². The molecule has 0 unspecified atom stereocenters. The average Bonchev–Trinajstić information content (AvgIpc) is 3.25. The van der Waals surface area contributed by atoms with E-state index in [4.69, 9.17) is 4.98 Å². The summed E-state index contributed by atoms with van der Waals surface area (Å²) in [6, 6.07) is 1.84. The largest absolute Gasteiger partial charge is 0.389 e. The van der Waals surface area contributed by atoms with Gasteiger partial charge in [0.2, 0.25) is 11.8 Å². The van der Waals surface area contributed by atoms with Gasteiger partial charge in [-0.3, -0.25) is 14.6 Å². The maximum Gasteiger partial charge on any atom is 0.389 e. The number of amides is 2. The fraction of sp³-hybridized carbons (Fsp3) is 0.600. The molecule has 3 aliphatic rings. The first-order valence-electron chi connectivity index (χ1n) is 12.4. The quantitative estimate of drug-likeness (QED) is 0.591. The molecule has 4 heterocycles. The fourth-order valence-electron chi connectivity index (χ4n) is 5.73. The van der Waals surface area contributed by atoms with Gasteiger partial charge in [-0.1, -0.05) is 6.92 Å². The van der Waals surface area contributed by atoms with Crippen molar-refractivity contribution in [2.45, 2.75) is 83.0 Å². The van der Waals surface area contributed by atoms with Crippen LogP contribution in [0.15, 0.2) is 18.5 Å². The van der Waals surface area contributed by atoms with Crippen LogP contribution >= 0.6 is 0 Å². The molecule has 1 spiro atoms. The van der Waals surface area contributed by atoms with Gasteiger partial charge in [0.1, 0.15) is 11.2 Å². The summed E-state index contributed by atoms with van der Waals surface area (Å²) in [5.41, 5.74) is 2.71. The molecule has 0 bridgehead atoms. The first-order chi connectivity index (χ1) is 16.7. The number of hydrogen-bond acceptors (Lipinski definition) is 4. The van der Waals surface area contributed by atoms with Crippen LogP contribution in [0.4, 0.5) is 18.9 Å². The molecule has 0 aromatic carbocycles. The molecule has 2 aliphatic heterocycles. The van der Waals surface area contributed by atoms with Crippen molar-refractivity contribution >= 4 is 17.5 Å². The summed E-state index contributed by atoms with van der Waals surface area (Å²) in [6.07, 6.45) is 3.04. The van der Waals surface area contributed by atoms with Crippen molar-refractivity contribution in [2.24, 2.45) is 0 Å². The fourth-order valence-corrected chi connectivity index (χ4v) is 5.73. The Morgan fingerprint density at radius 1 is 1.20 bits per heavy atom. The van der Waals surface area contributed by atoms with E-state index < -0.39 is 18.0 Å². The van der Waals surface area contributed by atoms with Crippen LogP contribution in [0.3, 0.4) is 0 Å². The topological polar surface area (TPSA) is 71.3 Å². The number of anilines is 1. The number of imidazole rings is 1. The van der Waals surface area contributed by atoms with Crippen molar-refractivity contribution in [2.75, 3.05) is 18.0 Å². The predicted octanol–water partition coefficient (Wildman–Crippen LogP) is 3.93. The predicted molar refractivity (Wildman–Crippen MR) is 123 cm³/mol. The minimum Gasteiger partial charge on any atom is -0.340 e. The molecule has 1 fully saturated rings. The van der Waals surface area contributed by atoms with Gasteiger partial charge in [-0.2, -0.15) is 13.2 Å². The number of likely N-dealkylation sites (tertiary alicyclic amines) is 1. The van der Waals surface area contributed by atoms with E-state index in [0.29, 0.717) is 31.0 Å². The van der Waals surface area contributed by atoms with Crippen LogP contribution in [0.1, 0.15) is 68.2 Å².